The lowest BCUT2D eigenvalue weighted by atomic mass is 10.1. The lowest BCUT2D eigenvalue weighted by Crippen LogP contribution is -2.19. The summed E-state index contributed by atoms with van der Waals surface area (Å²) in [5.41, 5.74) is 3.66. The van der Waals surface area contributed by atoms with Crippen molar-refractivity contribution in [1.82, 2.24) is 0 Å². The summed E-state index contributed by atoms with van der Waals surface area (Å²) in [6.07, 6.45) is 2.48. The van der Waals surface area contributed by atoms with E-state index in [0.717, 1.165) is 24.3 Å². The number of nitrogens with one attached hydrogen (secondary N) is 1. The summed E-state index contributed by atoms with van der Waals surface area (Å²) < 4.78 is 11.3. The summed E-state index contributed by atoms with van der Waals surface area (Å²) in [5.74, 6) is 0.896. The molecule has 0 radical (unpaired) electrons. The fourth-order valence-electron chi connectivity index (χ4n) is 3.25. The van der Waals surface area contributed by atoms with Gasteiger partial charge >= 0.3 is 0 Å². The van der Waals surface area contributed by atoms with Crippen molar-refractivity contribution in [2.45, 2.75) is 19.8 Å². The number of carbonyl (C=O) groups is 1. The molecule has 2 aromatic rings. The van der Waals surface area contributed by atoms with Crippen LogP contribution in [0.5, 0.6) is 11.5 Å². The highest BCUT2D eigenvalue weighted by Gasteiger charge is 2.17. The second-order valence-electron chi connectivity index (χ2n) is 6.34. The van der Waals surface area contributed by atoms with Gasteiger partial charge < -0.3 is 19.7 Å². The SMILES string of the molecule is COc1cc(C(=O)Nc2ccc(N3CCCC3)c(C)c2)cc(OC)c1Br. The number of ether oxygens (including phenoxy) is 2. The lowest BCUT2D eigenvalue weighted by molar-refractivity contribution is 0.102. The topological polar surface area (TPSA) is 50.8 Å². The number of nitrogens with zero attached hydrogens (tertiary/aromatic N) is 1. The van der Waals surface area contributed by atoms with Gasteiger partial charge in [-0.15, -0.1) is 0 Å². The second kappa shape index (κ2) is 7.99. The van der Waals surface area contributed by atoms with E-state index in [4.69, 9.17) is 9.47 Å². The van der Waals surface area contributed by atoms with Gasteiger partial charge in [0.05, 0.1) is 14.2 Å². The molecule has 5 nitrogen and oxygen atoms in total. The summed E-state index contributed by atoms with van der Waals surface area (Å²) in [6, 6.07) is 9.42. The van der Waals surface area contributed by atoms with E-state index in [-0.39, 0.29) is 5.91 Å². The number of amides is 1. The van der Waals surface area contributed by atoms with Gasteiger partial charge in [0.2, 0.25) is 0 Å². The largest absolute Gasteiger partial charge is 0.495 e. The number of anilines is 2. The molecular weight excluding hydrogens is 396 g/mol. The first-order valence-electron chi connectivity index (χ1n) is 8.62. The molecule has 0 aromatic heterocycles. The molecule has 1 heterocycles. The zero-order valence-corrected chi connectivity index (χ0v) is 16.9. The van der Waals surface area contributed by atoms with Crippen molar-refractivity contribution in [3.8, 4) is 11.5 Å². The average Bonchev–Trinajstić information content (AvgIpc) is 3.16. The van der Waals surface area contributed by atoms with Gasteiger partial charge in [-0.25, -0.2) is 0 Å². The van der Waals surface area contributed by atoms with E-state index in [1.54, 1.807) is 26.4 Å². The molecule has 2 aromatic carbocycles. The highest BCUT2D eigenvalue weighted by molar-refractivity contribution is 9.10. The Morgan fingerprint density at radius 2 is 1.69 bits per heavy atom. The Hall–Kier alpha value is -2.21. The van der Waals surface area contributed by atoms with Gasteiger partial charge in [0, 0.05) is 30.0 Å². The van der Waals surface area contributed by atoms with Crippen molar-refractivity contribution in [2.24, 2.45) is 0 Å². The molecule has 1 amide bonds. The van der Waals surface area contributed by atoms with Crippen LogP contribution < -0.4 is 19.7 Å². The van der Waals surface area contributed by atoms with Crippen molar-refractivity contribution < 1.29 is 14.3 Å². The minimum absolute atomic E-state index is 0.206. The number of rotatable bonds is 5. The normalized spacial score (nSPS) is 13.6. The molecule has 0 spiro atoms. The van der Waals surface area contributed by atoms with E-state index < -0.39 is 0 Å². The van der Waals surface area contributed by atoms with E-state index in [1.165, 1.54) is 18.5 Å². The predicted molar refractivity (Wildman–Crippen MR) is 108 cm³/mol. The number of halogens is 1. The monoisotopic (exact) mass is 418 g/mol. The molecule has 1 fully saturated rings. The van der Waals surface area contributed by atoms with Crippen LogP contribution in [0.4, 0.5) is 11.4 Å². The summed E-state index contributed by atoms with van der Waals surface area (Å²) in [7, 11) is 3.11. The van der Waals surface area contributed by atoms with Crippen molar-refractivity contribution in [1.29, 1.82) is 0 Å². The zero-order valence-electron chi connectivity index (χ0n) is 15.3. The summed E-state index contributed by atoms with van der Waals surface area (Å²) in [4.78, 5) is 15.1. The molecule has 1 aliphatic heterocycles. The number of aryl methyl sites for hydroxylation is 1. The van der Waals surface area contributed by atoms with Crippen LogP contribution in [-0.2, 0) is 0 Å². The van der Waals surface area contributed by atoms with Gasteiger partial charge in [-0.1, -0.05) is 0 Å². The van der Waals surface area contributed by atoms with Gasteiger partial charge in [0.25, 0.3) is 5.91 Å². The number of benzene rings is 2. The molecule has 0 unspecified atom stereocenters. The van der Waals surface area contributed by atoms with Crippen LogP contribution in [0.1, 0.15) is 28.8 Å². The minimum Gasteiger partial charge on any atom is -0.495 e. The Morgan fingerprint density at radius 3 is 2.23 bits per heavy atom. The van der Waals surface area contributed by atoms with Gasteiger partial charge in [-0.2, -0.15) is 0 Å². The zero-order chi connectivity index (χ0) is 18.7. The molecule has 26 heavy (non-hydrogen) atoms. The van der Waals surface area contributed by atoms with Gasteiger partial charge in [0.1, 0.15) is 16.0 Å². The van der Waals surface area contributed by atoms with Crippen molar-refractivity contribution >= 4 is 33.2 Å². The quantitative estimate of drug-likeness (QED) is 0.768. The third kappa shape index (κ3) is 3.80. The Labute approximate surface area is 162 Å². The predicted octanol–water partition coefficient (Wildman–Crippen LogP) is 4.63. The molecule has 0 saturated carbocycles. The molecule has 6 heteroatoms. The highest BCUT2D eigenvalue weighted by atomic mass is 79.9. The molecule has 0 bridgehead atoms. The Kier molecular flexibility index (Phi) is 5.71. The standard InChI is InChI=1S/C20H23BrN2O3/c1-13-10-15(6-7-16(13)23-8-4-5-9-23)22-20(24)14-11-17(25-2)19(21)18(12-14)26-3/h6-7,10-12H,4-5,8-9H2,1-3H3,(H,22,24). The maximum atomic E-state index is 12.7. The fourth-order valence-corrected chi connectivity index (χ4v) is 3.80. The molecule has 1 saturated heterocycles. The molecule has 3 rings (SSSR count). The van der Waals surface area contributed by atoms with Crippen LogP contribution in [-0.4, -0.2) is 33.2 Å². The lowest BCUT2D eigenvalue weighted by Gasteiger charge is -2.20. The fraction of sp³-hybridized carbons (Fsp3) is 0.350. The van der Waals surface area contributed by atoms with E-state index >= 15 is 0 Å². The minimum atomic E-state index is -0.206. The smallest absolute Gasteiger partial charge is 0.255 e. The molecule has 1 aliphatic rings. The first-order chi connectivity index (χ1) is 12.5. The Morgan fingerprint density at radius 1 is 1.08 bits per heavy atom. The summed E-state index contributed by atoms with van der Waals surface area (Å²) in [5, 5.41) is 2.96. The Bertz CT molecular complexity index is 792. The van der Waals surface area contributed by atoms with E-state index in [9.17, 15) is 4.79 Å². The van der Waals surface area contributed by atoms with E-state index in [0.29, 0.717) is 21.5 Å². The maximum absolute atomic E-state index is 12.7. The van der Waals surface area contributed by atoms with E-state index in [2.05, 4.69) is 39.1 Å². The van der Waals surface area contributed by atoms with Gasteiger partial charge in [-0.3, -0.25) is 4.79 Å². The first kappa shape index (κ1) is 18.6. The van der Waals surface area contributed by atoms with Gasteiger partial charge in [-0.05, 0) is 71.6 Å². The summed E-state index contributed by atoms with van der Waals surface area (Å²) >= 11 is 3.42. The van der Waals surface area contributed by atoms with Crippen LogP contribution in [0.25, 0.3) is 0 Å². The molecule has 0 aliphatic carbocycles. The van der Waals surface area contributed by atoms with Gasteiger partial charge in [0.15, 0.2) is 0 Å². The second-order valence-corrected chi connectivity index (χ2v) is 7.14. The van der Waals surface area contributed by atoms with Crippen LogP contribution in [0.15, 0.2) is 34.8 Å². The third-order valence-electron chi connectivity index (χ3n) is 4.61. The van der Waals surface area contributed by atoms with Crippen LogP contribution >= 0.6 is 15.9 Å². The highest BCUT2D eigenvalue weighted by Crippen LogP contribution is 2.36. The number of hydrogen-bond donors (Lipinski definition) is 1. The molecule has 0 atom stereocenters. The number of carbonyl (C=O) groups excluding carboxylic acids is 1. The van der Waals surface area contributed by atoms with Crippen LogP contribution in [0, 0.1) is 6.92 Å². The summed E-state index contributed by atoms with van der Waals surface area (Å²) in [6.45, 7) is 4.28. The maximum Gasteiger partial charge on any atom is 0.255 e. The van der Waals surface area contributed by atoms with E-state index in [1.807, 2.05) is 12.1 Å². The molecule has 1 N–H and O–H groups in total. The Balaban J connectivity index is 1.80. The van der Waals surface area contributed by atoms with Crippen LogP contribution in [0.3, 0.4) is 0 Å². The van der Waals surface area contributed by atoms with Crippen LogP contribution in [0.2, 0.25) is 0 Å². The number of hydrogen-bond acceptors (Lipinski definition) is 4. The molecular formula is C20H23BrN2O3. The van der Waals surface area contributed by atoms with Crippen molar-refractivity contribution in [2.75, 3.05) is 37.5 Å². The van der Waals surface area contributed by atoms with Crippen molar-refractivity contribution in [3.05, 3.63) is 45.9 Å². The third-order valence-corrected chi connectivity index (χ3v) is 5.39. The molecule has 138 valence electrons. The average molecular weight is 419 g/mol. The first-order valence-corrected chi connectivity index (χ1v) is 9.41. The van der Waals surface area contributed by atoms with Crippen molar-refractivity contribution in [3.63, 3.8) is 0 Å². The number of methoxy groups -OCH3 is 2.